The molecule has 0 bridgehead atoms. The van der Waals surface area contributed by atoms with E-state index in [4.69, 9.17) is 9.47 Å². The Morgan fingerprint density at radius 3 is 2.60 bits per heavy atom. The summed E-state index contributed by atoms with van der Waals surface area (Å²) in [6.45, 7) is 2.26. The largest absolute Gasteiger partial charge is 0.497 e. The van der Waals surface area contributed by atoms with Crippen LogP contribution in [0.4, 0.5) is 0 Å². The van der Waals surface area contributed by atoms with Gasteiger partial charge in [0.2, 0.25) is 0 Å². The molecule has 20 heavy (non-hydrogen) atoms. The van der Waals surface area contributed by atoms with Gasteiger partial charge in [0.1, 0.15) is 11.5 Å². The summed E-state index contributed by atoms with van der Waals surface area (Å²) >= 11 is 0. The van der Waals surface area contributed by atoms with E-state index in [1.54, 1.807) is 32.5 Å². The molecular weight excluding hydrogens is 254 g/mol. The van der Waals surface area contributed by atoms with Crippen LogP contribution in [0.2, 0.25) is 0 Å². The quantitative estimate of drug-likeness (QED) is 0.879. The number of hydrogen-bond donors (Lipinski definition) is 1. The molecule has 1 heterocycles. The molecule has 0 aliphatic carbocycles. The van der Waals surface area contributed by atoms with E-state index in [1.807, 2.05) is 24.3 Å². The number of methoxy groups -OCH3 is 1. The molecule has 4 heteroatoms. The van der Waals surface area contributed by atoms with Crippen LogP contribution < -0.4 is 9.47 Å². The molecule has 1 atom stereocenters. The van der Waals surface area contributed by atoms with E-state index in [1.165, 1.54) is 5.56 Å². The third-order valence-electron chi connectivity index (χ3n) is 3.07. The monoisotopic (exact) mass is 273 g/mol. The maximum Gasteiger partial charge on any atom is 0.128 e. The van der Waals surface area contributed by atoms with Gasteiger partial charge in [0.25, 0.3) is 0 Å². The highest BCUT2D eigenvalue weighted by Crippen LogP contribution is 2.29. The Kier molecular flexibility index (Phi) is 4.96. The molecule has 0 saturated carbocycles. The molecule has 2 aromatic rings. The standard InChI is InChI=1S/C16H19NO3/c1-12(18)15-4-3-14(19-2)11-16(15)20-10-7-13-5-8-17-9-6-13/h3-6,8-9,11-12,18H,7,10H2,1-2H3/t12-/m0/s1. The lowest BCUT2D eigenvalue weighted by Crippen LogP contribution is -2.05. The van der Waals surface area contributed by atoms with Gasteiger partial charge in [0.15, 0.2) is 0 Å². The summed E-state index contributed by atoms with van der Waals surface area (Å²) in [4.78, 5) is 3.98. The highest BCUT2D eigenvalue weighted by molar-refractivity contribution is 5.41. The second kappa shape index (κ2) is 6.91. The molecule has 0 unspecified atom stereocenters. The Bertz CT molecular complexity index is 541. The lowest BCUT2D eigenvalue weighted by molar-refractivity contribution is 0.191. The SMILES string of the molecule is COc1ccc([C@H](C)O)c(OCCc2ccncc2)c1. The smallest absolute Gasteiger partial charge is 0.128 e. The van der Waals surface area contributed by atoms with Crippen molar-refractivity contribution in [2.75, 3.05) is 13.7 Å². The number of pyridine rings is 1. The first kappa shape index (κ1) is 14.3. The lowest BCUT2D eigenvalue weighted by Gasteiger charge is -2.14. The summed E-state index contributed by atoms with van der Waals surface area (Å²) < 4.78 is 11.0. The number of aliphatic hydroxyl groups excluding tert-OH is 1. The van der Waals surface area contributed by atoms with E-state index in [2.05, 4.69) is 4.98 Å². The molecule has 1 N–H and O–H groups in total. The fourth-order valence-electron chi connectivity index (χ4n) is 1.94. The van der Waals surface area contributed by atoms with Gasteiger partial charge in [-0.3, -0.25) is 4.98 Å². The van der Waals surface area contributed by atoms with Crippen molar-refractivity contribution in [3.63, 3.8) is 0 Å². The van der Waals surface area contributed by atoms with Gasteiger partial charge in [0, 0.05) is 30.4 Å². The maximum atomic E-state index is 9.76. The zero-order valence-corrected chi connectivity index (χ0v) is 11.7. The minimum absolute atomic E-state index is 0.539. The van der Waals surface area contributed by atoms with E-state index in [0.717, 1.165) is 12.0 Å². The van der Waals surface area contributed by atoms with Crippen LogP contribution in [0.1, 0.15) is 24.2 Å². The molecule has 0 amide bonds. The number of ether oxygens (including phenoxy) is 2. The highest BCUT2D eigenvalue weighted by Gasteiger charge is 2.10. The minimum atomic E-state index is -0.572. The molecule has 0 aliphatic heterocycles. The Morgan fingerprint density at radius 1 is 1.20 bits per heavy atom. The van der Waals surface area contributed by atoms with Crippen LogP contribution in [0.25, 0.3) is 0 Å². The van der Waals surface area contributed by atoms with Crippen molar-refractivity contribution >= 4 is 0 Å². The van der Waals surface area contributed by atoms with E-state index >= 15 is 0 Å². The molecule has 1 aromatic carbocycles. The topological polar surface area (TPSA) is 51.6 Å². The molecule has 0 radical (unpaired) electrons. The first-order valence-electron chi connectivity index (χ1n) is 6.58. The van der Waals surface area contributed by atoms with Crippen molar-refractivity contribution in [3.8, 4) is 11.5 Å². The predicted octanol–water partition coefficient (Wildman–Crippen LogP) is 2.77. The Balaban J connectivity index is 2.04. The van der Waals surface area contributed by atoms with Gasteiger partial charge >= 0.3 is 0 Å². The van der Waals surface area contributed by atoms with E-state index in [0.29, 0.717) is 18.1 Å². The summed E-state index contributed by atoms with van der Waals surface area (Å²) in [7, 11) is 1.61. The fourth-order valence-corrected chi connectivity index (χ4v) is 1.94. The third-order valence-corrected chi connectivity index (χ3v) is 3.07. The molecule has 0 saturated heterocycles. The highest BCUT2D eigenvalue weighted by atomic mass is 16.5. The van der Waals surface area contributed by atoms with Gasteiger partial charge < -0.3 is 14.6 Å². The van der Waals surface area contributed by atoms with Crippen molar-refractivity contribution in [2.24, 2.45) is 0 Å². The minimum Gasteiger partial charge on any atom is -0.497 e. The van der Waals surface area contributed by atoms with Crippen LogP contribution in [0.5, 0.6) is 11.5 Å². The number of benzene rings is 1. The van der Waals surface area contributed by atoms with Crippen molar-refractivity contribution in [1.29, 1.82) is 0 Å². The second-order valence-corrected chi connectivity index (χ2v) is 4.53. The van der Waals surface area contributed by atoms with Crippen LogP contribution in [0, 0.1) is 0 Å². The lowest BCUT2D eigenvalue weighted by atomic mass is 10.1. The van der Waals surface area contributed by atoms with Gasteiger partial charge in [-0.25, -0.2) is 0 Å². The molecule has 0 spiro atoms. The molecule has 0 fully saturated rings. The van der Waals surface area contributed by atoms with Crippen molar-refractivity contribution in [1.82, 2.24) is 4.98 Å². The summed E-state index contributed by atoms with van der Waals surface area (Å²) in [5.74, 6) is 1.38. The number of aromatic nitrogens is 1. The third kappa shape index (κ3) is 3.71. The molecule has 4 nitrogen and oxygen atoms in total. The van der Waals surface area contributed by atoms with Crippen LogP contribution in [-0.4, -0.2) is 23.8 Å². The zero-order chi connectivity index (χ0) is 14.4. The molecule has 106 valence electrons. The van der Waals surface area contributed by atoms with Crippen molar-refractivity contribution in [2.45, 2.75) is 19.4 Å². The zero-order valence-electron chi connectivity index (χ0n) is 11.7. The number of rotatable bonds is 6. The van der Waals surface area contributed by atoms with Crippen LogP contribution in [-0.2, 0) is 6.42 Å². The van der Waals surface area contributed by atoms with Crippen molar-refractivity contribution in [3.05, 3.63) is 53.9 Å². The van der Waals surface area contributed by atoms with Gasteiger partial charge in [-0.2, -0.15) is 0 Å². The Labute approximate surface area is 119 Å². The Hall–Kier alpha value is -2.07. The van der Waals surface area contributed by atoms with Gasteiger partial charge in [0.05, 0.1) is 19.8 Å². The van der Waals surface area contributed by atoms with Crippen LogP contribution in [0.3, 0.4) is 0 Å². The van der Waals surface area contributed by atoms with E-state index in [9.17, 15) is 5.11 Å². The summed E-state index contributed by atoms with van der Waals surface area (Å²) in [5, 5.41) is 9.76. The molecule has 2 rings (SSSR count). The van der Waals surface area contributed by atoms with Gasteiger partial charge in [-0.05, 0) is 36.8 Å². The average Bonchev–Trinajstić information content (AvgIpc) is 2.48. The summed E-state index contributed by atoms with van der Waals surface area (Å²) in [5.41, 5.74) is 1.93. The predicted molar refractivity (Wildman–Crippen MR) is 77.1 cm³/mol. The first-order chi connectivity index (χ1) is 9.70. The number of aliphatic hydroxyl groups is 1. The normalized spacial score (nSPS) is 11.9. The molecule has 0 aliphatic rings. The summed E-state index contributed by atoms with van der Waals surface area (Å²) in [6, 6.07) is 9.37. The maximum absolute atomic E-state index is 9.76. The van der Waals surface area contributed by atoms with Crippen LogP contribution in [0.15, 0.2) is 42.7 Å². The van der Waals surface area contributed by atoms with E-state index in [-0.39, 0.29) is 0 Å². The molecular formula is C16H19NO3. The van der Waals surface area contributed by atoms with Crippen molar-refractivity contribution < 1.29 is 14.6 Å². The fraction of sp³-hybridized carbons (Fsp3) is 0.312. The molecule has 1 aromatic heterocycles. The average molecular weight is 273 g/mol. The van der Waals surface area contributed by atoms with Crippen LogP contribution >= 0.6 is 0 Å². The Morgan fingerprint density at radius 2 is 1.95 bits per heavy atom. The number of hydrogen-bond acceptors (Lipinski definition) is 4. The van der Waals surface area contributed by atoms with E-state index < -0.39 is 6.10 Å². The van der Waals surface area contributed by atoms with Gasteiger partial charge in [-0.15, -0.1) is 0 Å². The number of nitrogens with zero attached hydrogens (tertiary/aromatic N) is 1. The second-order valence-electron chi connectivity index (χ2n) is 4.53. The summed E-state index contributed by atoms with van der Waals surface area (Å²) in [6.07, 6.45) is 3.75. The van der Waals surface area contributed by atoms with Gasteiger partial charge in [-0.1, -0.05) is 0 Å². The first-order valence-corrected chi connectivity index (χ1v) is 6.58.